The van der Waals surface area contributed by atoms with Gasteiger partial charge < -0.3 is 9.84 Å². The van der Waals surface area contributed by atoms with Crippen LogP contribution in [0.2, 0.25) is 5.02 Å². The van der Waals surface area contributed by atoms with Crippen LogP contribution in [0, 0.1) is 0 Å². The smallest absolute Gasteiger partial charge is 0.0814 e. The second-order valence-electron chi connectivity index (χ2n) is 3.35. The van der Waals surface area contributed by atoms with Gasteiger partial charge in [0.15, 0.2) is 0 Å². The van der Waals surface area contributed by atoms with E-state index in [0.717, 1.165) is 5.56 Å². The van der Waals surface area contributed by atoms with E-state index in [1.165, 1.54) is 0 Å². The molecule has 2 atom stereocenters. The van der Waals surface area contributed by atoms with Crippen molar-refractivity contribution in [3.8, 4) is 0 Å². The van der Waals surface area contributed by atoms with Crippen LogP contribution < -0.4 is 0 Å². The molecular formula is C11H15ClO2. The summed E-state index contributed by atoms with van der Waals surface area (Å²) in [5.41, 5.74) is 0.873. The third kappa shape index (κ3) is 3.29. The Labute approximate surface area is 89.5 Å². The molecule has 14 heavy (non-hydrogen) atoms. The minimum Gasteiger partial charge on any atom is -0.388 e. The maximum atomic E-state index is 9.79. The van der Waals surface area contributed by atoms with Crippen LogP contribution in [0.3, 0.4) is 0 Å². The molecule has 1 N–H and O–H groups in total. The predicted octanol–water partition coefficient (Wildman–Crippen LogP) is 2.80. The number of hydrogen-bond acceptors (Lipinski definition) is 2. The molecule has 0 aromatic heterocycles. The zero-order valence-electron chi connectivity index (χ0n) is 8.40. The van der Waals surface area contributed by atoms with Crippen LogP contribution in [0.15, 0.2) is 24.3 Å². The van der Waals surface area contributed by atoms with Crippen LogP contribution in [0.5, 0.6) is 0 Å². The van der Waals surface area contributed by atoms with Crippen LogP contribution in [0.4, 0.5) is 0 Å². The first-order valence-corrected chi connectivity index (χ1v) is 4.97. The predicted molar refractivity (Wildman–Crippen MR) is 57.5 cm³/mol. The van der Waals surface area contributed by atoms with E-state index in [1.54, 1.807) is 19.2 Å². The molecule has 78 valence electrons. The molecule has 0 spiro atoms. The molecule has 0 aliphatic carbocycles. The number of methoxy groups -OCH3 is 1. The molecule has 0 saturated heterocycles. The molecule has 0 amide bonds. The van der Waals surface area contributed by atoms with E-state index >= 15 is 0 Å². The zero-order valence-corrected chi connectivity index (χ0v) is 9.16. The summed E-state index contributed by atoms with van der Waals surface area (Å²) in [6.45, 7) is 1.93. The number of rotatable bonds is 4. The average Bonchev–Trinajstić information content (AvgIpc) is 2.18. The Hall–Kier alpha value is -0.570. The van der Waals surface area contributed by atoms with Gasteiger partial charge in [-0.25, -0.2) is 0 Å². The Balaban J connectivity index is 2.60. The third-order valence-corrected chi connectivity index (χ3v) is 2.46. The number of aliphatic hydroxyl groups excluding tert-OH is 1. The topological polar surface area (TPSA) is 29.5 Å². The molecule has 3 heteroatoms. The van der Waals surface area contributed by atoms with Crippen molar-refractivity contribution in [2.75, 3.05) is 7.11 Å². The standard InChI is InChI=1S/C11H15ClO2/c1-8(14-2)7-11(13)9-3-5-10(12)6-4-9/h3-6,8,11,13H,7H2,1-2H3. The van der Waals surface area contributed by atoms with Crippen molar-refractivity contribution in [3.63, 3.8) is 0 Å². The third-order valence-electron chi connectivity index (χ3n) is 2.21. The minimum absolute atomic E-state index is 0.0562. The first-order chi connectivity index (χ1) is 6.63. The lowest BCUT2D eigenvalue weighted by Crippen LogP contribution is -2.10. The van der Waals surface area contributed by atoms with Crippen LogP contribution in [0.1, 0.15) is 25.0 Å². The van der Waals surface area contributed by atoms with Crippen molar-refractivity contribution in [1.29, 1.82) is 0 Å². The highest BCUT2D eigenvalue weighted by molar-refractivity contribution is 6.30. The molecule has 0 saturated carbocycles. The zero-order chi connectivity index (χ0) is 10.6. The van der Waals surface area contributed by atoms with Crippen LogP contribution in [-0.2, 0) is 4.74 Å². The van der Waals surface area contributed by atoms with Gasteiger partial charge in [-0.3, -0.25) is 0 Å². The monoisotopic (exact) mass is 214 g/mol. The number of ether oxygens (including phenoxy) is 1. The molecule has 2 nitrogen and oxygen atoms in total. The second-order valence-corrected chi connectivity index (χ2v) is 3.79. The van der Waals surface area contributed by atoms with Gasteiger partial charge in [-0.15, -0.1) is 0 Å². The van der Waals surface area contributed by atoms with Crippen LogP contribution in [-0.4, -0.2) is 18.3 Å². The van der Waals surface area contributed by atoms with E-state index < -0.39 is 6.10 Å². The molecule has 1 aromatic carbocycles. The van der Waals surface area contributed by atoms with Crippen molar-refractivity contribution in [3.05, 3.63) is 34.9 Å². The molecule has 0 heterocycles. The summed E-state index contributed by atoms with van der Waals surface area (Å²) in [4.78, 5) is 0. The average molecular weight is 215 g/mol. The molecule has 0 aliphatic rings. The normalized spacial score (nSPS) is 15.1. The first kappa shape index (κ1) is 11.5. The summed E-state index contributed by atoms with van der Waals surface area (Å²) in [5, 5.41) is 10.5. The van der Waals surface area contributed by atoms with Gasteiger partial charge in [0.1, 0.15) is 0 Å². The summed E-state index contributed by atoms with van der Waals surface area (Å²) in [7, 11) is 1.64. The van der Waals surface area contributed by atoms with Crippen molar-refractivity contribution in [1.82, 2.24) is 0 Å². The maximum absolute atomic E-state index is 9.79. The second kappa shape index (κ2) is 5.35. The highest BCUT2D eigenvalue weighted by Gasteiger charge is 2.11. The Morgan fingerprint density at radius 2 is 1.93 bits per heavy atom. The fourth-order valence-corrected chi connectivity index (χ4v) is 1.36. The van der Waals surface area contributed by atoms with E-state index in [2.05, 4.69) is 0 Å². The van der Waals surface area contributed by atoms with E-state index in [9.17, 15) is 5.11 Å². The van der Waals surface area contributed by atoms with E-state index in [0.29, 0.717) is 11.4 Å². The van der Waals surface area contributed by atoms with Crippen molar-refractivity contribution < 1.29 is 9.84 Å². The minimum atomic E-state index is -0.484. The maximum Gasteiger partial charge on any atom is 0.0814 e. The van der Waals surface area contributed by atoms with Gasteiger partial charge in [0.05, 0.1) is 12.2 Å². The Morgan fingerprint density at radius 1 is 1.36 bits per heavy atom. The van der Waals surface area contributed by atoms with Crippen LogP contribution >= 0.6 is 11.6 Å². The summed E-state index contributed by atoms with van der Waals surface area (Å²) in [6.07, 6.45) is 0.167. The fraction of sp³-hybridized carbons (Fsp3) is 0.455. The van der Waals surface area contributed by atoms with Crippen molar-refractivity contribution >= 4 is 11.6 Å². The largest absolute Gasteiger partial charge is 0.388 e. The fourth-order valence-electron chi connectivity index (χ4n) is 1.23. The van der Waals surface area contributed by atoms with E-state index in [1.807, 2.05) is 19.1 Å². The van der Waals surface area contributed by atoms with Crippen molar-refractivity contribution in [2.45, 2.75) is 25.6 Å². The highest BCUT2D eigenvalue weighted by Crippen LogP contribution is 2.20. The number of halogens is 1. The number of aliphatic hydroxyl groups is 1. The Bertz CT molecular complexity index is 271. The molecular weight excluding hydrogens is 200 g/mol. The lowest BCUT2D eigenvalue weighted by atomic mass is 10.0. The summed E-state index contributed by atoms with van der Waals surface area (Å²) >= 11 is 5.74. The molecule has 1 aromatic rings. The molecule has 0 aliphatic heterocycles. The molecule has 0 fully saturated rings. The SMILES string of the molecule is COC(C)CC(O)c1ccc(Cl)cc1. The van der Waals surface area contributed by atoms with Gasteiger partial charge in [0.25, 0.3) is 0 Å². The van der Waals surface area contributed by atoms with Gasteiger partial charge in [-0.2, -0.15) is 0 Å². The van der Waals surface area contributed by atoms with Gasteiger partial charge >= 0.3 is 0 Å². The summed E-state index contributed by atoms with van der Waals surface area (Å²) in [6, 6.07) is 7.21. The number of hydrogen-bond donors (Lipinski definition) is 1. The number of benzene rings is 1. The molecule has 1 rings (SSSR count). The van der Waals surface area contributed by atoms with Gasteiger partial charge in [-0.1, -0.05) is 23.7 Å². The van der Waals surface area contributed by atoms with Gasteiger partial charge in [-0.05, 0) is 24.6 Å². The molecule has 0 radical (unpaired) electrons. The Kier molecular flexibility index (Phi) is 4.39. The molecule has 2 unspecified atom stereocenters. The summed E-state index contributed by atoms with van der Waals surface area (Å²) < 4.78 is 5.08. The first-order valence-electron chi connectivity index (χ1n) is 4.60. The van der Waals surface area contributed by atoms with Crippen LogP contribution in [0.25, 0.3) is 0 Å². The lowest BCUT2D eigenvalue weighted by Gasteiger charge is -2.15. The van der Waals surface area contributed by atoms with Crippen molar-refractivity contribution in [2.24, 2.45) is 0 Å². The molecule has 0 bridgehead atoms. The van der Waals surface area contributed by atoms with E-state index in [4.69, 9.17) is 16.3 Å². The van der Waals surface area contributed by atoms with Gasteiger partial charge in [0.2, 0.25) is 0 Å². The highest BCUT2D eigenvalue weighted by atomic mass is 35.5. The Morgan fingerprint density at radius 3 is 2.43 bits per heavy atom. The lowest BCUT2D eigenvalue weighted by molar-refractivity contribution is 0.0560. The van der Waals surface area contributed by atoms with E-state index in [-0.39, 0.29) is 6.10 Å². The van der Waals surface area contributed by atoms with Gasteiger partial charge in [0, 0.05) is 18.6 Å². The quantitative estimate of drug-likeness (QED) is 0.835. The summed E-state index contributed by atoms with van der Waals surface area (Å²) in [5.74, 6) is 0.